The van der Waals surface area contributed by atoms with E-state index >= 15 is 0 Å². The third-order valence-electron chi connectivity index (χ3n) is 1.44. The number of halogens is 4. The van der Waals surface area contributed by atoms with Gasteiger partial charge < -0.3 is 0 Å². The lowest BCUT2D eigenvalue weighted by atomic mass is 10.3. The molecule has 0 aliphatic rings. The van der Waals surface area contributed by atoms with Crippen LogP contribution in [0.25, 0.3) is 0 Å². The van der Waals surface area contributed by atoms with Gasteiger partial charge in [-0.25, -0.2) is 0 Å². The number of aryl methyl sites for hydroxylation is 1. The van der Waals surface area contributed by atoms with Crippen LogP contribution in [-0.4, -0.2) is 10.2 Å². The number of nitrogens with zero attached hydrogens (tertiary/aromatic N) is 2. The summed E-state index contributed by atoms with van der Waals surface area (Å²) in [5.74, 6) is 0. The number of alkyl halides is 3. The minimum Gasteiger partial charge on any atom is -0.164 e. The van der Waals surface area contributed by atoms with E-state index < -0.39 is 11.9 Å². The maximum Gasteiger partial charge on any atom is 0.435 e. The van der Waals surface area contributed by atoms with Crippen molar-refractivity contribution in [2.45, 2.75) is 19.5 Å². The molecule has 0 bridgehead atoms. The number of rotatable bonds is 1. The third kappa shape index (κ3) is 2.52. The Bertz CT molecular complexity index is 311. The normalized spacial score (nSPS) is 11.8. The van der Waals surface area contributed by atoms with Crippen molar-refractivity contribution in [1.82, 2.24) is 10.2 Å². The predicted octanol–water partition coefficient (Wildman–Crippen LogP) is 2.66. The highest BCUT2D eigenvalue weighted by molar-refractivity contribution is 14.1. The van der Waals surface area contributed by atoms with E-state index in [9.17, 15) is 13.2 Å². The summed E-state index contributed by atoms with van der Waals surface area (Å²) in [6.45, 7) is 1.82. The van der Waals surface area contributed by atoms with Gasteiger partial charge in [0.25, 0.3) is 0 Å². The van der Waals surface area contributed by atoms with Gasteiger partial charge in [-0.3, -0.25) is 0 Å². The molecular weight excluding hydrogens is 296 g/mol. The number of hydrogen-bond acceptors (Lipinski definition) is 2. The first-order valence-corrected chi connectivity index (χ1v) is 4.62. The fourth-order valence-electron chi connectivity index (χ4n) is 0.772. The fraction of sp³-hybridized carbons (Fsp3) is 0.429. The molecule has 0 aromatic carbocycles. The molecule has 0 atom stereocenters. The predicted molar refractivity (Wildman–Crippen MR) is 49.1 cm³/mol. The van der Waals surface area contributed by atoms with Gasteiger partial charge in [-0.05, 0) is 35.1 Å². The van der Waals surface area contributed by atoms with Crippen molar-refractivity contribution < 1.29 is 13.2 Å². The molecule has 0 saturated carbocycles. The first kappa shape index (κ1) is 10.7. The minimum atomic E-state index is -4.40. The average Bonchev–Trinajstić information content (AvgIpc) is 2.02. The van der Waals surface area contributed by atoms with Crippen LogP contribution in [-0.2, 0) is 12.6 Å². The van der Waals surface area contributed by atoms with Crippen molar-refractivity contribution in [3.05, 3.63) is 21.0 Å². The third-order valence-corrected chi connectivity index (χ3v) is 2.38. The van der Waals surface area contributed by atoms with Crippen LogP contribution in [0, 0.1) is 3.57 Å². The second-order valence-corrected chi connectivity index (χ2v) is 3.54. The first-order chi connectivity index (χ1) is 5.95. The van der Waals surface area contributed by atoms with Crippen LogP contribution in [0.4, 0.5) is 13.2 Å². The largest absolute Gasteiger partial charge is 0.435 e. The topological polar surface area (TPSA) is 25.8 Å². The molecule has 0 amide bonds. The van der Waals surface area contributed by atoms with Crippen LogP contribution in [0.3, 0.4) is 0 Å². The Morgan fingerprint density at radius 2 is 2.00 bits per heavy atom. The van der Waals surface area contributed by atoms with Crippen LogP contribution < -0.4 is 0 Å². The van der Waals surface area contributed by atoms with Gasteiger partial charge in [0.2, 0.25) is 0 Å². The molecule has 1 rings (SSSR count). The lowest BCUT2D eigenvalue weighted by molar-refractivity contribution is -0.141. The quantitative estimate of drug-likeness (QED) is 0.745. The summed E-state index contributed by atoms with van der Waals surface area (Å²) in [4.78, 5) is 0. The highest BCUT2D eigenvalue weighted by Gasteiger charge is 2.33. The summed E-state index contributed by atoms with van der Waals surface area (Å²) in [6, 6.07) is 1.01. The van der Waals surface area contributed by atoms with E-state index in [1.807, 2.05) is 29.5 Å². The summed E-state index contributed by atoms with van der Waals surface area (Å²) < 4.78 is 36.8. The fourth-order valence-corrected chi connectivity index (χ4v) is 1.56. The summed E-state index contributed by atoms with van der Waals surface area (Å²) in [5.41, 5.74) is -0.345. The van der Waals surface area contributed by atoms with Gasteiger partial charge >= 0.3 is 6.18 Å². The van der Waals surface area contributed by atoms with Gasteiger partial charge in [0, 0.05) is 3.57 Å². The standard InChI is InChI=1S/C7H6F3IN2/c1-2-5-4(11)3-6(13-12-5)7(8,9)10/h3H,2H2,1H3. The molecule has 2 nitrogen and oxygen atoms in total. The van der Waals surface area contributed by atoms with E-state index in [1.165, 1.54) is 0 Å². The molecule has 1 heterocycles. The van der Waals surface area contributed by atoms with E-state index in [0.717, 1.165) is 6.07 Å². The first-order valence-electron chi connectivity index (χ1n) is 3.54. The summed E-state index contributed by atoms with van der Waals surface area (Å²) >= 11 is 1.82. The maximum atomic E-state index is 12.1. The molecule has 1 aromatic rings. The monoisotopic (exact) mass is 302 g/mol. The zero-order valence-corrected chi connectivity index (χ0v) is 8.85. The van der Waals surface area contributed by atoms with Gasteiger partial charge in [-0.1, -0.05) is 6.92 Å². The van der Waals surface area contributed by atoms with Gasteiger partial charge in [0.1, 0.15) is 0 Å². The SMILES string of the molecule is CCc1nnc(C(F)(F)F)cc1I. The van der Waals surface area contributed by atoms with Gasteiger partial charge in [0.15, 0.2) is 5.69 Å². The lowest BCUT2D eigenvalue weighted by Gasteiger charge is -2.06. The van der Waals surface area contributed by atoms with Gasteiger partial charge in [-0.2, -0.15) is 18.3 Å². The smallest absolute Gasteiger partial charge is 0.164 e. The molecule has 1 aromatic heterocycles. The number of hydrogen-bond donors (Lipinski definition) is 0. The Labute approximate surface area is 86.7 Å². The second-order valence-electron chi connectivity index (χ2n) is 2.38. The van der Waals surface area contributed by atoms with E-state index in [1.54, 1.807) is 0 Å². The molecule has 6 heteroatoms. The molecule has 0 saturated heterocycles. The molecule has 0 spiro atoms. The Morgan fingerprint density at radius 1 is 1.38 bits per heavy atom. The zero-order valence-electron chi connectivity index (χ0n) is 6.69. The lowest BCUT2D eigenvalue weighted by Crippen LogP contribution is -2.11. The molecule has 0 aliphatic carbocycles. The van der Waals surface area contributed by atoms with Crippen LogP contribution in [0.15, 0.2) is 6.07 Å². The molecule has 0 fully saturated rings. The minimum absolute atomic E-state index is 0.502. The second kappa shape index (κ2) is 3.77. The molecule has 13 heavy (non-hydrogen) atoms. The van der Waals surface area contributed by atoms with Crippen molar-refractivity contribution >= 4 is 22.6 Å². The van der Waals surface area contributed by atoms with Crippen molar-refractivity contribution in [2.75, 3.05) is 0 Å². The van der Waals surface area contributed by atoms with Gasteiger partial charge in [0.05, 0.1) is 5.69 Å². The van der Waals surface area contributed by atoms with E-state index in [-0.39, 0.29) is 0 Å². The molecule has 72 valence electrons. The van der Waals surface area contributed by atoms with E-state index in [2.05, 4.69) is 10.2 Å². The molecular formula is C7H6F3IN2. The van der Waals surface area contributed by atoms with Crippen LogP contribution >= 0.6 is 22.6 Å². The number of aromatic nitrogens is 2. The van der Waals surface area contributed by atoms with E-state index in [4.69, 9.17) is 0 Å². The van der Waals surface area contributed by atoms with Crippen LogP contribution in [0.2, 0.25) is 0 Å². The zero-order chi connectivity index (χ0) is 10.1. The molecule has 0 aliphatic heterocycles. The Balaban J connectivity index is 3.10. The van der Waals surface area contributed by atoms with Crippen molar-refractivity contribution in [1.29, 1.82) is 0 Å². The van der Waals surface area contributed by atoms with E-state index in [0.29, 0.717) is 15.7 Å². The highest BCUT2D eigenvalue weighted by Crippen LogP contribution is 2.28. The molecule has 0 N–H and O–H groups in total. The highest BCUT2D eigenvalue weighted by atomic mass is 127. The Kier molecular flexibility index (Phi) is 3.09. The maximum absolute atomic E-state index is 12.1. The molecule has 0 radical (unpaired) electrons. The van der Waals surface area contributed by atoms with Crippen LogP contribution in [0.1, 0.15) is 18.3 Å². The van der Waals surface area contributed by atoms with Crippen molar-refractivity contribution in [3.8, 4) is 0 Å². The van der Waals surface area contributed by atoms with Gasteiger partial charge in [-0.15, -0.1) is 5.10 Å². The molecule has 0 unspecified atom stereocenters. The Morgan fingerprint density at radius 3 is 2.38 bits per heavy atom. The summed E-state index contributed by atoms with van der Waals surface area (Å²) in [6.07, 6.45) is -3.82. The average molecular weight is 302 g/mol. The Hall–Kier alpha value is -0.400. The van der Waals surface area contributed by atoms with Crippen molar-refractivity contribution in [2.24, 2.45) is 0 Å². The summed E-state index contributed by atoms with van der Waals surface area (Å²) in [7, 11) is 0. The summed E-state index contributed by atoms with van der Waals surface area (Å²) in [5, 5.41) is 6.59. The van der Waals surface area contributed by atoms with Crippen LogP contribution in [0.5, 0.6) is 0 Å². The van der Waals surface area contributed by atoms with Crippen molar-refractivity contribution in [3.63, 3.8) is 0 Å².